The smallest absolute Gasteiger partial charge is 0.237 e. The summed E-state index contributed by atoms with van der Waals surface area (Å²) in [5.41, 5.74) is 4.51. The highest BCUT2D eigenvalue weighted by molar-refractivity contribution is 8.00. The number of unbranched alkanes of at least 4 members (excludes halogenated alkanes) is 1. The lowest BCUT2D eigenvalue weighted by molar-refractivity contribution is -0.115. The van der Waals surface area contributed by atoms with Crippen LogP contribution >= 0.6 is 11.8 Å². The van der Waals surface area contributed by atoms with Crippen LogP contribution in [0, 0.1) is 25.2 Å². The van der Waals surface area contributed by atoms with Crippen molar-refractivity contribution in [3.05, 3.63) is 52.7 Å². The van der Waals surface area contributed by atoms with Gasteiger partial charge in [0.2, 0.25) is 5.91 Å². The van der Waals surface area contributed by atoms with Gasteiger partial charge in [-0.25, -0.2) is 4.98 Å². The van der Waals surface area contributed by atoms with Crippen molar-refractivity contribution < 1.29 is 4.79 Å². The minimum atomic E-state index is -0.351. The number of carbonyl (C=O) groups excluding carboxylic acids is 1. The Morgan fingerprint density at radius 1 is 1.31 bits per heavy atom. The molecule has 4 nitrogen and oxygen atoms in total. The number of anilines is 1. The first-order valence-corrected chi connectivity index (χ1v) is 9.78. The summed E-state index contributed by atoms with van der Waals surface area (Å²) in [7, 11) is 0. The van der Waals surface area contributed by atoms with Gasteiger partial charge in [0.25, 0.3) is 0 Å². The molecule has 0 aliphatic heterocycles. The molecule has 0 spiro atoms. The topological polar surface area (TPSA) is 65.8 Å². The monoisotopic (exact) mass is 367 g/mol. The molecular formula is C21H25N3OS. The van der Waals surface area contributed by atoms with Gasteiger partial charge in [0, 0.05) is 11.4 Å². The number of nitriles is 1. The minimum Gasteiger partial charge on any atom is -0.325 e. The van der Waals surface area contributed by atoms with Gasteiger partial charge >= 0.3 is 0 Å². The van der Waals surface area contributed by atoms with E-state index in [0.29, 0.717) is 10.6 Å². The maximum absolute atomic E-state index is 12.6. The van der Waals surface area contributed by atoms with E-state index in [-0.39, 0.29) is 11.2 Å². The van der Waals surface area contributed by atoms with Gasteiger partial charge in [0.05, 0.1) is 10.8 Å². The zero-order valence-electron chi connectivity index (χ0n) is 15.8. The fourth-order valence-electron chi connectivity index (χ4n) is 2.49. The number of rotatable bonds is 7. The fraction of sp³-hybridized carbons (Fsp3) is 0.381. The molecule has 1 unspecified atom stereocenters. The minimum absolute atomic E-state index is 0.0895. The van der Waals surface area contributed by atoms with E-state index >= 15 is 0 Å². The van der Waals surface area contributed by atoms with Crippen molar-refractivity contribution in [2.75, 3.05) is 5.32 Å². The van der Waals surface area contributed by atoms with Crippen molar-refractivity contribution in [1.82, 2.24) is 4.98 Å². The van der Waals surface area contributed by atoms with Crippen molar-refractivity contribution in [1.29, 1.82) is 5.26 Å². The Morgan fingerprint density at radius 3 is 2.77 bits per heavy atom. The van der Waals surface area contributed by atoms with E-state index in [9.17, 15) is 10.1 Å². The third-order valence-corrected chi connectivity index (χ3v) is 5.45. The number of pyridine rings is 1. The molecule has 1 atom stereocenters. The van der Waals surface area contributed by atoms with Gasteiger partial charge in [-0.2, -0.15) is 5.26 Å². The van der Waals surface area contributed by atoms with Crippen LogP contribution in [-0.4, -0.2) is 16.1 Å². The molecule has 26 heavy (non-hydrogen) atoms. The molecule has 1 aromatic heterocycles. The Balaban J connectivity index is 2.12. The Morgan fingerprint density at radius 2 is 2.08 bits per heavy atom. The number of thioether (sulfide) groups is 1. The summed E-state index contributed by atoms with van der Waals surface area (Å²) >= 11 is 1.33. The first-order valence-electron chi connectivity index (χ1n) is 8.90. The second-order valence-electron chi connectivity index (χ2n) is 6.37. The largest absolute Gasteiger partial charge is 0.325 e. The summed E-state index contributed by atoms with van der Waals surface area (Å²) in [6.07, 6.45) is 3.04. The van der Waals surface area contributed by atoms with Gasteiger partial charge in [-0.05, 0) is 62.9 Å². The number of aryl methyl sites for hydroxylation is 2. The third-order valence-electron chi connectivity index (χ3n) is 4.35. The van der Waals surface area contributed by atoms with Gasteiger partial charge < -0.3 is 5.32 Å². The SMILES string of the molecule is CCCCc1ccc(C#N)c(SC(C)C(=O)Nc2cccc(C)c2C)n1. The van der Waals surface area contributed by atoms with Crippen LogP contribution in [0.15, 0.2) is 35.4 Å². The zero-order chi connectivity index (χ0) is 19.1. The molecule has 0 bridgehead atoms. The van der Waals surface area contributed by atoms with Crippen LogP contribution in [0.2, 0.25) is 0 Å². The molecule has 0 aliphatic carbocycles. The number of hydrogen-bond acceptors (Lipinski definition) is 4. The van der Waals surface area contributed by atoms with Crippen LogP contribution in [0.25, 0.3) is 0 Å². The second kappa shape index (κ2) is 9.40. The number of carbonyl (C=O) groups is 1. The summed E-state index contributed by atoms with van der Waals surface area (Å²) in [6, 6.07) is 11.7. The number of aromatic nitrogens is 1. The predicted molar refractivity (Wildman–Crippen MR) is 107 cm³/mol. The van der Waals surface area contributed by atoms with E-state index in [1.807, 2.05) is 45.0 Å². The molecular weight excluding hydrogens is 342 g/mol. The maximum atomic E-state index is 12.6. The number of benzene rings is 1. The van der Waals surface area contributed by atoms with Gasteiger partial charge in [0.1, 0.15) is 11.1 Å². The summed E-state index contributed by atoms with van der Waals surface area (Å²) < 4.78 is 0. The lowest BCUT2D eigenvalue weighted by Crippen LogP contribution is -2.23. The van der Waals surface area contributed by atoms with E-state index in [0.717, 1.165) is 41.8 Å². The normalized spacial score (nSPS) is 11.7. The van der Waals surface area contributed by atoms with E-state index in [1.54, 1.807) is 6.07 Å². The highest BCUT2D eigenvalue weighted by Gasteiger charge is 2.18. The highest BCUT2D eigenvalue weighted by atomic mass is 32.2. The van der Waals surface area contributed by atoms with E-state index in [1.165, 1.54) is 11.8 Å². The zero-order valence-corrected chi connectivity index (χ0v) is 16.6. The maximum Gasteiger partial charge on any atom is 0.237 e. The second-order valence-corrected chi connectivity index (χ2v) is 7.70. The Hall–Kier alpha value is -2.32. The molecule has 136 valence electrons. The number of amides is 1. The molecule has 0 saturated heterocycles. The Kier molecular flexibility index (Phi) is 7.23. The molecule has 1 N–H and O–H groups in total. The molecule has 2 aromatic rings. The van der Waals surface area contributed by atoms with Crippen LogP contribution < -0.4 is 5.32 Å². The van der Waals surface area contributed by atoms with Crippen LogP contribution in [0.1, 0.15) is 49.1 Å². The Labute approximate surface area is 160 Å². The van der Waals surface area contributed by atoms with Crippen molar-refractivity contribution in [3.8, 4) is 6.07 Å². The Bertz CT molecular complexity index is 826. The molecule has 1 aromatic carbocycles. The van der Waals surface area contributed by atoms with E-state index < -0.39 is 0 Å². The predicted octanol–water partition coefficient (Wildman–Crippen LogP) is 5.03. The average Bonchev–Trinajstić information content (AvgIpc) is 2.63. The summed E-state index contributed by atoms with van der Waals surface area (Å²) in [4.78, 5) is 17.2. The van der Waals surface area contributed by atoms with Crippen LogP contribution in [-0.2, 0) is 11.2 Å². The number of nitrogens with one attached hydrogen (secondary N) is 1. The lowest BCUT2D eigenvalue weighted by atomic mass is 10.1. The van der Waals surface area contributed by atoms with Gasteiger partial charge in [0.15, 0.2) is 0 Å². The first-order chi connectivity index (χ1) is 12.5. The van der Waals surface area contributed by atoms with Crippen LogP contribution in [0.5, 0.6) is 0 Å². The number of nitrogens with zero attached hydrogens (tertiary/aromatic N) is 2. The molecule has 0 radical (unpaired) electrons. The first kappa shape index (κ1) is 20.0. The average molecular weight is 368 g/mol. The van der Waals surface area contributed by atoms with Crippen LogP contribution in [0.3, 0.4) is 0 Å². The van der Waals surface area contributed by atoms with Gasteiger partial charge in [-0.3, -0.25) is 4.79 Å². The quantitative estimate of drug-likeness (QED) is 0.697. The van der Waals surface area contributed by atoms with E-state index in [2.05, 4.69) is 23.3 Å². The summed E-state index contributed by atoms with van der Waals surface area (Å²) in [5.74, 6) is -0.0895. The highest BCUT2D eigenvalue weighted by Crippen LogP contribution is 2.27. The lowest BCUT2D eigenvalue weighted by Gasteiger charge is -2.15. The van der Waals surface area contributed by atoms with Gasteiger partial charge in [-0.15, -0.1) is 0 Å². The molecule has 0 saturated carbocycles. The third kappa shape index (κ3) is 5.09. The molecule has 2 rings (SSSR count). The standard InChI is InChI=1S/C21H25N3OS/c1-5-6-9-18-12-11-17(13-22)21(23-18)26-16(4)20(25)24-19-10-7-8-14(2)15(19)3/h7-8,10-12,16H,5-6,9H2,1-4H3,(H,24,25). The fourth-order valence-corrected chi connectivity index (χ4v) is 3.40. The molecule has 0 fully saturated rings. The van der Waals surface area contributed by atoms with Crippen molar-refractivity contribution in [2.45, 2.75) is 57.2 Å². The van der Waals surface area contributed by atoms with E-state index in [4.69, 9.17) is 0 Å². The van der Waals surface area contributed by atoms with Crippen molar-refractivity contribution in [2.24, 2.45) is 0 Å². The molecule has 1 heterocycles. The van der Waals surface area contributed by atoms with Gasteiger partial charge in [-0.1, -0.05) is 37.2 Å². The molecule has 0 aliphatic rings. The molecule has 1 amide bonds. The van der Waals surface area contributed by atoms with Crippen molar-refractivity contribution >= 4 is 23.4 Å². The summed E-state index contributed by atoms with van der Waals surface area (Å²) in [5, 5.41) is 12.6. The summed E-state index contributed by atoms with van der Waals surface area (Å²) in [6.45, 7) is 8.00. The van der Waals surface area contributed by atoms with Crippen LogP contribution in [0.4, 0.5) is 5.69 Å². The number of hydrogen-bond donors (Lipinski definition) is 1. The molecule has 5 heteroatoms. The van der Waals surface area contributed by atoms with Crippen molar-refractivity contribution in [3.63, 3.8) is 0 Å².